The van der Waals surface area contributed by atoms with Crippen LogP contribution in [0.15, 0.2) is 30.9 Å². The minimum absolute atomic E-state index is 0.0616. The zero-order valence-corrected chi connectivity index (χ0v) is 14.4. The third-order valence-corrected chi connectivity index (χ3v) is 4.79. The maximum absolute atomic E-state index is 12.7. The van der Waals surface area contributed by atoms with Crippen LogP contribution in [0, 0.1) is 6.92 Å². The lowest BCUT2D eigenvalue weighted by Gasteiger charge is -2.23. The van der Waals surface area contributed by atoms with Gasteiger partial charge in [-0.1, -0.05) is 6.07 Å². The second-order valence-electron chi connectivity index (χ2n) is 6.65. The van der Waals surface area contributed by atoms with E-state index in [1.165, 1.54) is 11.9 Å². The SMILES string of the molecule is Cc1ccc2nc([C@@H]3CCCN3C(=O)CCCn3cncn3)[nH]c2c1. The van der Waals surface area contributed by atoms with Crippen molar-refractivity contribution in [2.24, 2.45) is 0 Å². The number of imidazole rings is 1. The van der Waals surface area contributed by atoms with Gasteiger partial charge in [-0.25, -0.2) is 9.97 Å². The fraction of sp³-hybridized carbons (Fsp3) is 0.444. The normalized spacial score (nSPS) is 17.5. The molecule has 0 saturated carbocycles. The van der Waals surface area contributed by atoms with Gasteiger partial charge >= 0.3 is 0 Å². The van der Waals surface area contributed by atoms with Crippen LogP contribution in [0.5, 0.6) is 0 Å². The molecular weight excluding hydrogens is 316 g/mol. The molecule has 1 aliphatic rings. The minimum atomic E-state index is 0.0616. The molecule has 4 rings (SSSR count). The number of likely N-dealkylation sites (tertiary alicyclic amines) is 1. The lowest BCUT2D eigenvalue weighted by Crippen LogP contribution is -2.31. The summed E-state index contributed by atoms with van der Waals surface area (Å²) >= 11 is 0. The van der Waals surface area contributed by atoms with Crippen molar-refractivity contribution in [3.05, 3.63) is 42.2 Å². The van der Waals surface area contributed by atoms with Crippen LogP contribution in [0.25, 0.3) is 11.0 Å². The van der Waals surface area contributed by atoms with E-state index < -0.39 is 0 Å². The van der Waals surface area contributed by atoms with Gasteiger partial charge in [0.2, 0.25) is 5.91 Å². The molecule has 0 spiro atoms. The summed E-state index contributed by atoms with van der Waals surface area (Å²) in [5, 5.41) is 4.07. The molecular formula is C18H22N6O. The predicted octanol–water partition coefficient (Wildman–Crippen LogP) is 2.61. The molecule has 1 saturated heterocycles. The van der Waals surface area contributed by atoms with E-state index >= 15 is 0 Å². The molecule has 2 aromatic heterocycles. The molecule has 1 fully saturated rings. The molecule has 7 heteroatoms. The van der Waals surface area contributed by atoms with Gasteiger partial charge in [0.05, 0.1) is 17.1 Å². The number of amides is 1. The van der Waals surface area contributed by atoms with Crippen LogP contribution in [0.4, 0.5) is 0 Å². The molecule has 25 heavy (non-hydrogen) atoms. The highest BCUT2D eigenvalue weighted by Crippen LogP contribution is 2.32. The number of nitrogens with zero attached hydrogens (tertiary/aromatic N) is 5. The fourth-order valence-corrected chi connectivity index (χ4v) is 3.53. The summed E-state index contributed by atoms with van der Waals surface area (Å²) in [6, 6.07) is 6.26. The van der Waals surface area contributed by atoms with Gasteiger partial charge in [0, 0.05) is 19.5 Å². The van der Waals surface area contributed by atoms with E-state index in [2.05, 4.69) is 34.1 Å². The second kappa shape index (κ2) is 6.66. The van der Waals surface area contributed by atoms with E-state index in [-0.39, 0.29) is 11.9 Å². The van der Waals surface area contributed by atoms with Crippen molar-refractivity contribution in [2.45, 2.75) is 45.2 Å². The number of nitrogens with one attached hydrogen (secondary N) is 1. The molecule has 0 unspecified atom stereocenters. The Morgan fingerprint density at radius 3 is 3.16 bits per heavy atom. The Balaban J connectivity index is 1.44. The number of H-pyrrole nitrogens is 1. The molecule has 1 amide bonds. The second-order valence-corrected chi connectivity index (χ2v) is 6.65. The summed E-state index contributed by atoms with van der Waals surface area (Å²) in [7, 11) is 0. The standard InChI is InChI=1S/C18H22N6O/c1-13-6-7-14-15(10-13)22-18(21-14)16-4-2-9-24(16)17(25)5-3-8-23-12-19-11-20-23/h6-7,10-12,16H,2-5,8-9H2,1H3,(H,21,22)/t16-/m0/s1. The van der Waals surface area contributed by atoms with Crippen molar-refractivity contribution < 1.29 is 4.79 Å². The summed E-state index contributed by atoms with van der Waals surface area (Å²) in [6.45, 7) is 3.59. The quantitative estimate of drug-likeness (QED) is 0.775. The largest absolute Gasteiger partial charge is 0.340 e. The van der Waals surface area contributed by atoms with Gasteiger partial charge in [0.1, 0.15) is 18.5 Å². The Hall–Kier alpha value is -2.70. The van der Waals surface area contributed by atoms with Gasteiger partial charge < -0.3 is 9.88 Å². The lowest BCUT2D eigenvalue weighted by atomic mass is 10.2. The molecule has 1 aromatic carbocycles. The summed E-state index contributed by atoms with van der Waals surface area (Å²) in [5.74, 6) is 1.10. The van der Waals surface area contributed by atoms with Gasteiger partial charge in [0.15, 0.2) is 0 Å². The van der Waals surface area contributed by atoms with Crippen molar-refractivity contribution in [3.8, 4) is 0 Å². The molecule has 1 N–H and O–H groups in total. The Morgan fingerprint density at radius 2 is 2.32 bits per heavy atom. The lowest BCUT2D eigenvalue weighted by molar-refractivity contribution is -0.132. The van der Waals surface area contributed by atoms with Crippen molar-refractivity contribution >= 4 is 16.9 Å². The molecule has 1 atom stereocenters. The first-order chi connectivity index (χ1) is 12.2. The van der Waals surface area contributed by atoms with Gasteiger partial charge in [-0.3, -0.25) is 9.48 Å². The van der Waals surface area contributed by atoms with Gasteiger partial charge in [-0.15, -0.1) is 0 Å². The maximum Gasteiger partial charge on any atom is 0.223 e. The van der Waals surface area contributed by atoms with Crippen molar-refractivity contribution in [1.29, 1.82) is 0 Å². The van der Waals surface area contributed by atoms with Crippen molar-refractivity contribution in [3.63, 3.8) is 0 Å². The average molecular weight is 338 g/mol. The summed E-state index contributed by atoms with van der Waals surface area (Å²) in [5.41, 5.74) is 3.21. The van der Waals surface area contributed by atoms with Crippen LogP contribution in [0.2, 0.25) is 0 Å². The molecule has 1 aliphatic heterocycles. The monoisotopic (exact) mass is 338 g/mol. The minimum Gasteiger partial charge on any atom is -0.340 e. The third-order valence-electron chi connectivity index (χ3n) is 4.79. The number of aromatic nitrogens is 5. The van der Waals surface area contributed by atoms with Gasteiger partial charge in [-0.2, -0.15) is 5.10 Å². The highest BCUT2D eigenvalue weighted by atomic mass is 16.2. The molecule has 3 aromatic rings. The van der Waals surface area contributed by atoms with E-state index in [0.29, 0.717) is 13.0 Å². The summed E-state index contributed by atoms with van der Waals surface area (Å²) in [4.78, 5) is 26.7. The van der Waals surface area contributed by atoms with Crippen LogP contribution in [0.1, 0.15) is 43.1 Å². The number of hydrogen-bond acceptors (Lipinski definition) is 4. The predicted molar refractivity (Wildman–Crippen MR) is 93.8 cm³/mol. The molecule has 130 valence electrons. The average Bonchev–Trinajstić information content (AvgIpc) is 3.33. The van der Waals surface area contributed by atoms with Gasteiger partial charge in [-0.05, 0) is 43.9 Å². The van der Waals surface area contributed by atoms with Crippen LogP contribution >= 0.6 is 0 Å². The van der Waals surface area contributed by atoms with E-state index in [4.69, 9.17) is 4.98 Å². The zero-order chi connectivity index (χ0) is 17.2. The highest BCUT2D eigenvalue weighted by molar-refractivity contribution is 5.78. The van der Waals surface area contributed by atoms with Crippen LogP contribution in [-0.2, 0) is 11.3 Å². The van der Waals surface area contributed by atoms with Crippen molar-refractivity contribution in [1.82, 2.24) is 29.6 Å². The summed E-state index contributed by atoms with van der Waals surface area (Å²) < 4.78 is 1.76. The third kappa shape index (κ3) is 3.26. The molecule has 3 heterocycles. The Bertz CT molecular complexity index is 869. The number of aryl methyl sites for hydroxylation is 2. The number of carbonyl (C=O) groups is 1. The fourth-order valence-electron chi connectivity index (χ4n) is 3.53. The molecule has 0 bridgehead atoms. The smallest absolute Gasteiger partial charge is 0.223 e. The molecule has 7 nitrogen and oxygen atoms in total. The van der Waals surface area contributed by atoms with Gasteiger partial charge in [0.25, 0.3) is 0 Å². The first kappa shape index (κ1) is 15.8. The molecule has 0 aliphatic carbocycles. The van der Waals surface area contributed by atoms with Crippen LogP contribution in [0.3, 0.4) is 0 Å². The molecule has 0 radical (unpaired) electrons. The number of fused-ring (bicyclic) bond motifs is 1. The van der Waals surface area contributed by atoms with Crippen molar-refractivity contribution in [2.75, 3.05) is 6.54 Å². The number of carbonyl (C=O) groups excluding carboxylic acids is 1. The summed E-state index contributed by atoms with van der Waals surface area (Å²) in [6.07, 6.45) is 6.48. The maximum atomic E-state index is 12.7. The number of benzene rings is 1. The zero-order valence-electron chi connectivity index (χ0n) is 14.4. The Labute approximate surface area is 146 Å². The van der Waals surface area contributed by atoms with E-state index in [0.717, 1.165) is 42.7 Å². The van der Waals surface area contributed by atoms with Crippen LogP contribution < -0.4 is 0 Å². The Kier molecular flexibility index (Phi) is 4.21. The number of rotatable bonds is 5. The topological polar surface area (TPSA) is 79.7 Å². The number of aromatic amines is 1. The van der Waals surface area contributed by atoms with E-state index in [1.807, 2.05) is 11.0 Å². The first-order valence-corrected chi connectivity index (χ1v) is 8.79. The van der Waals surface area contributed by atoms with Crippen LogP contribution in [-0.4, -0.2) is 42.1 Å². The van der Waals surface area contributed by atoms with E-state index in [1.54, 1.807) is 11.0 Å². The van der Waals surface area contributed by atoms with E-state index in [9.17, 15) is 4.79 Å². The highest BCUT2D eigenvalue weighted by Gasteiger charge is 2.31. The Morgan fingerprint density at radius 1 is 1.40 bits per heavy atom. The first-order valence-electron chi connectivity index (χ1n) is 8.79. The number of hydrogen-bond donors (Lipinski definition) is 1.